The van der Waals surface area contributed by atoms with E-state index in [2.05, 4.69) is 39.1 Å². The lowest BCUT2D eigenvalue weighted by Gasteiger charge is -2.19. The highest BCUT2D eigenvalue weighted by atomic mass is 16.5. The highest BCUT2D eigenvalue weighted by Gasteiger charge is 2.11. The van der Waals surface area contributed by atoms with Gasteiger partial charge in [0.25, 0.3) is 0 Å². The number of hydrogen-bond acceptors (Lipinski definition) is 3. The largest absolute Gasteiger partial charge is 0.497 e. The third kappa shape index (κ3) is 6.29. The van der Waals surface area contributed by atoms with E-state index in [1.807, 2.05) is 12.1 Å². The first-order valence-corrected chi connectivity index (χ1v) is 7.46. The van der Waals surface area contributed by atoms with E-state index < -0.39 is 0 Å². The van der Waals surface area contributed by atoms with E-state index in [4.69, 9.17) is 9.47 Å². The molecular weight excluding hydrogens is 250 g/mol. The Kier molecular flexibility index (Phi) is 6.86. The van der Waals surface area contributed by atoms with Crippen LogP contribution in [-0.2, 0) is 6.54 Å². The smallest absolute Gasteiger partial charge is 0.127 e. The van der Waals surface area contributed by atoms with Gasteiger partial charge in [0.05, 0.1) is 13.7 Å². The summed E-state index contributed by atoms with van der Waals surface area (Å²) in [5.74, 6) is 1.77. The van der Waals surface area contributed by atoms with Crippen molar-refractivity contribution in [3.63, 3.8) is 0 Å². The summed E-state index contributed by atoms with van der Waals surface area (Å²) in [5, 5.41) is 3.42. The molecule has 0 bridgehead atoms. The molecular formula is C17H29NO2. The van der Waals surface area contributed by atoms with Crippen molar-refractivity contribution < 1.29 is 9.47 Å². The molecule has 3 nitrogen and oxygen atoms in total. The molecule has 1 N–H and O–H groups in total. The van der Waals surface area contributed by atoms with Gasteiger partial charge in [-0.1, -0.05) is 33.8 Å². The fourth-order valence-corrected chi connectivity index (χ4v) is 1.81. The van der Waals surface area contributed by atoms with Crippen molar-refractivity contribution in [3.8, 4) is 11.5 Å². The molecule has 0 aromatic heterocycles. The first-order chi connectivity index (χ1) is 9.46. The molecule has 1 rings (SSSR count). The summed E-state index contributed by atoms with van der Waals surface area (Å²) in [5.41, 5.74) is 1.48. The Bertz CT molecular complexity index is 396. The maximum Gasteiger partial charge on any atom is 0.127 e. The van der Waals surface area contributed by atoms with Gasteiger partial charge in [-0.15, -0.1) is 0 Å². The minimum absolute atomic E-state index is 0.291. The Labute approximate surface area is 123 Å². The first kappa shape index (κ1) is 16.8. The Morgan fingerprint density at radius 2 is 1.95 bits per heavy atom. The normalized spacial score (nSPS) is 11.4. The zero-order valence-corrected chi connectivity index (χ0v) is 13.6. The molecule has 0 saturated heterocycles. The molecule has 0 aliphatic rings. The van der Waals surface area contributed by atoms with Gasteiger partial charge in [0.1, 0.15) is 11.5 Å². The Morgan fingerprint density at radius 1 is 1.20 bits per heavy atom. The average molecular weight is 279 g/mol. The van der Waals surface area contributed by atoms with Gasteiger partial charge in [-0.2, -0.15) is 0 Å². The number of ether oxygens (including phenoxy) is 2. The first-order valence-electron chi connectivity index (χ1n) is 7.46. The predicted octanol–water partition coefficient (Wildman–Crippen LogP) is 4.01. The summed E-state index contributed by atoms with van der Waals surface area (Å²) < 4.78 is 11.2. The topological polar surface area (TPSA) is 30.5 Å². The summed E-state index contributed by atoms with van der Waals surface area (Å²) in [6.07, 6.45) is 2.17. The number of rotatable bonds is 8. The third-order valence-corrected chi connectivity index (χ3v) is 3.13. The van der Waals surface area contributed by atoms with Gasteiger partial charge in [0, 0.05) is 18.2 Å². The maximum absolute atomic E-state index is 5.97. The quantitative estimate of drug-likeness (QED) is 0.729. The molecule has 1 aromatic carbocycles. The summed E-state index contributed by atoms with van der Waals surface area (Å²) in [6, 6.07) is 6.04. The van der Waals surface area contributed by atoms with E-state index in [9.17, 15) is 0 Å². The van der Waals surface area contributed by atoms with Crippen molar-refractivity contribution in [3.05, 3.63) is 23.8 Å². The summed E-state index contributed by atoms with van der Waals surface area (Å²) in [7, 11) is 1.68. The van der Waals surface area contributed by atoms with E-state index in [-0.39, 0.29) is 0 Å². The van der Waals surface area contributed by atoms with Gasteiger partial charge in [0.2, 0.25) is 0 Å². The summed E-state index contributed by atoms with van der Waals surface area (Å²) >= 11 is 0. The fraction of sp³-hybridized carbons (Fsp3) is 0.647. The molecule has 0 heterocycles. The lowest BCUT2D eigenvalue weighted by Crippen LogP contribution is -2.16. The van der Waals surface area contributed by atoms with Crippen molar-refractivity contribution in [1.29, 1.82) is 0 Å². The van der Waals surface area contributed by atoms with E-state index >= 15 is 0 Å². The lowest BCUT2D eigenvalue weighted by atomic mass is 9.93. The SMILES string of the molecule is CCCNCc1ccc(OC)cc1OCCC(C)(C)C. The van der Waals surface area contributed by atoms with Crippen LogP contribution in [0.5, 0.6) is 11.5 Å². The zero-order valence-electron chi connectivity index (χ0n) is 13.6. The van der Waals surface area contributed by atoms with Gasteiger partial charge in [0.15, 0.2) is 0 Å². The van der Waals surface area contributed by atoms with Crippen LogP contribution in [0.3, 0.4) is 0 Å². The second kappa shape index (κ2) is 8.15. The minimum atomic E-state index is 0.291. The van der Waals surface area contributed by atoms with Gasteiger partial charge in [-0.05, 0) is 30.9 Å². The molecule has 0 amide bonds. The monoisotopic (exact) mass is 279 g/mol. The van der Waals surface area contributed by atoms with E-state index in [1.165, 1.54) is 5.56 Å². The predicted molar refractivity (Wildman–Crippen MR) is 84.6 cm³/mol. The Hall–Kier alpha value is -1.22. The molecule has 0 spiro atoms. The van der Waals surface area contributed by atoms with Crippen molar-refractivity contribution in [2.24, 2.45) is 5.41 Å². The van der Waals surface area contributed by atoms with Crippen LogP contribution in [0.1, 0.15) is 46.1 Å². The van der Waals surface area contributed by atoms with Crippen LogP contribution in [0.2, 0.25) is 0 Å². The standard InChI is InChI=1S/C17H29NO2/c1-6-10-18-13-14-7-8-15(19-5)12-16(14)20-11-9-17(2,3)4/h7-8,12,18H,6,9-11,13H2,1-5H3. The third-order valence-electron chi connectivity index (χ3n) is 3.13. The van der Waals surface area contributed by atoms with Crippen molar-refractivity contribution in [1.82, 2.24) is 5.32 Å². The molecule has 0 aliphatic carbocycles. The molecule has 1 aromatic rings. The Balaban J connectivity index is 2.68. The van der Waals surface area contributed by atoms with Gasteiger partial charge in [-0.3, -0.25) is 0 Å². The van der Waals surface area contributed by atoms with Crippen LogP contribution in [-0.4, -0.2) is 20.3 Å². The van der Waals surface area contributed by atoms with Crippen molar-refractivity contribution >= 4 is 0 Å². The molecule has 0 atom stereocenters. The van der Waals surface area contributed by atoms with E-state index in [0.717, 1.165) is 44.0 Å². The van der Waals surface area contributed by atoms with Crippen LogP contribution < -0.4 is 14.8 Å². The van der Waals surface area contributed by atoms with Crippen LogP contribution in [0, 0.1) is 5.41 Å². The van der Waals surface area contributed by atoms with Gasteiger partial charge >= 0.3 is 0 Å². The van der Waals surface area contributed by atoms with E-state index in [1.54, 1.807) is 7.11 Å². The van der Waals surface area contributed by atoms with Crippen LogP contribution in [0.15, 0.2) is 18.2 Å². The average Bonchev–Trinajstić information content (AvgIpc) is 2.39. The van der Waals surface area contributed by atoms with Crippen LogP contribution in [0.25, 0.3) is 0 Å². The molecule has 3 heteroatoms. The maximum atomic E-state index is 5.97. The Morgan fingerprint density at radius 3 is 2.55 bits per heavy atom. The highest BCUT2D eigenvalue weighted by molar-refractivity contribution is 5.40. The highest BCUT2D eigenvalue weighted by Crippen LogP contribution is 2.26. The summed E-state index contributed by atoms with van der Waals surface area (Å²) in [6.45, 7) is 11.4. The second-order valence-corrected chi connectivity index (χ2v) is 6.31. The molecule has 0 unspecified atom stereocenters. The number of hydrogen-bond donors (Lipinski definition) is 1. The van der Waals surface area contributed by atoms with Gasteiger partial charge < -0.3 is 14.8 Å². The van der Waals surface area contributed by atoms with E-state index in [0.29, 0.717) is 5.41 Å². The fourth-order valence-electron chi connectivity index (χ4n) is 1.81. The molecule has 0 fully saturated rings. The number of nitrogens with one attached hydrogen (secondary N) is 1. The zero-order chi connectivity index (χ0) is 15.0. The second-order valence-electron chi connectivity index (χ2n) is 6.31. The molecule has 0 saturated carbocycles. The van der Waals surface area contributed by atoms with Crippen molar-refractivity contribution in [2.75, 3.05) is 20.3 Å². The van der Waals surface area contributed by atoms with Gasteiger partial charge in [-0.25, -0.2) is 0 Å². The summed E-state index contributed by atoms with van der Waals surface area (Å²) in [4.78, 5) is 0. The minimum Gasteiger partial charge on any atom is -0.497 e. The number of methoxy groups -OCH3 is 1. The lowest BCUT2D eigenvalue weighted by molar-refractivity contribution is 0.240. The van der Waals surface area contributed by atoms with Crippen LogP contribution in [0.4, 0.5) is 0 Å². The molecule has 114 valence electrons. The molecule has 0 radical (unpaired) electrons. The molecule has 0 aliphatic heterocycles. The van der Waals surface area contributed by atoms with Crippen molar-refractivity contribution in [2.45, 2.75) is 47.1 Å². The van der Waals surface area contributed by atoms with Crippen LogP contribution >= 0.6 is 0 Å². The number of benzene rings is 1. The molecule has 20 heavy (non-hydrogen) atoms.